The largest absolute Gasteiger partial charge is 0.385 e. The van der Waals surface area contributed by atoms with Crippen molar-refractivity contribution in [1.29, 1.82) is 0 Å². The van der Waals surface area contributed by atoms with E-state index in [1.165, 1.54) is 5.56 Å². The van der Waals surface area contributed by atoms with Crippen LogP contribution in [-0.2, 0) is 21.2 Å². The number of hydrogen-bond acceptors (Lipinski definition) is 4. The average Bonchev–Trinajstić information content (AvgIpc) is 2.50. The van der Waals surface area contributed by atoms with Crippen LogP contribution >= 0.6 is 0 Å². The normalized spacial score (nSPS) is 14.3. The SMILES string of the molecule is C=CCCOCCNS(=O)(=O)c1ccc2c(c1)NCCC2. The number of hydrogen-bond donors (Lipinski definition) is 2. The van der Waals surface area contributed by atoms with Crippen molar-refractivity contribution >= 4 is 15.7 Å². The Morgan fingerprint density at radius 3 is 3.05 bits per heavy atom. The van der Waals surface area contributed by atoms with Crippen molar-refractivity contribution in [2.75, 3.05) is 31.6 Å². The molecule has 6 heteroatoms. The molecule has 0 aliphatic carbocycles. The minimum Gasteiger partial charge on any atom is -0.385 e. The van der Waals surface area contributed by atoms with Gasteiger partial charge in [-0.2, -0.15) is 0 Å². The molecular formula is C15H22N2O3S. The van der Waals surface area contributed by atoms with Crippen LogP contribution in [0.5, 0.6) is 0 Å². The minimum absolute atomic E-state index is 0.268. The fourth-order valence-electron chi connectivity index (χ4n) is 2.21. The number of sulfonamides is 1. The van der Waals surface area contributed by atoms with Crippen molar-refractivity contribution < 1.29 is 13.2 Å². The van der Waals surface area contributed by atoms with Crippen molar-refractivity contribution in [2.45, 2.75) is 24.2 Å². The third-order valence-electron chi connectivity index (χ3n) is 3.33. The predicted octanol–water partition coefficient (Wildman–Crippen LogP) is 1.92. The van der Waals surface area contributed by atoms with Gasteiger partial charge in [0.15, 0.2) is 0 Å². The zero-order chi connectivity index (χ0) is 15.1. The second kappa shape index (κ2) is 7.59. The third-order valence-corrected chi connectivity index (χ3v) is 4.79. The molecule has 1 aliphatic rings. The first kappa shape index (κ1) is 16.0. The molecule has 1 aromatic rings. The summed E-state index contributed by atoms with van der Waals surface area (Å²) in [5.41, 5.74) is 2.10. The molecule has 0 amide bonds. The van der Waals surface area contributed by atoms with Crippen molar-refractivity contribution in [3.63, 3.8) is 0 Å². The van der Waals surface area contributed by atoms with Crippen LogP contribution in [0.2, 0.25) is 0 Å². The van der Waals surface area contributed by atoms with Gasteiger partial charge in [0.05, 0.1) is 18.1 Å². The van der Waals surface area contributed by atoms with E-state index in [1.54, 1.807) is 18.2 Å². The van der Waals surface area contributed by atoms with Gasteiger partial charge in [-0.15, -0.1) is 6.58 Å². The van der Waals surface area contributed by atoms with Crippen LogP contribution in [0.15, 0.2) is 35.7 Å². The molecule has 21 heavy (non-hydrogen) atoms. The van der Waals surface area contributed by atoms with E-state index in [0.717, 1.165) is 31.5 Å². The van der Waals surface area contributed by atoms with Gasteiger partial charge >= 0.3 is 0 Å². The Bertz CT molecular complexity index is 585. The summed E-state index contributed by atoms with van der Waals surface area (Å²) < 4.78 is 32.2. The quantitative estimate of drug-likeness (QED) is 0.568. The average molecular weight is 310 g/mol. The molecule has 1 aliphatic heterocycles. The van der Waals surface area contributed by atoms with E-state index in [2.05, 4.69) is 16.6 Å². The summed E-state index contributed by atoms with van der Waals surface area (Å²) in [5.74, 6) is 0. The smallest absolute Gasteiger partial charge is 0.240 e. The first-order valence-electron chi connectivity index (χ1n) is 7.18. The molecule has 0 saturated carbocycles. The lowest BCUT2D eigenvalue weighted by molar-refractivity contribution is 0.144. The summed E-state index contributed by atoms with van der Waals surface area (Å²) in [6, 6.07) is 5.25. The highest BCUT2D eigenvalue weighted by molar-refractivity contribution is 7.89. The highest BCUT2D eigenvalue weighted by Gasteiger charge is 2.17. The number of aryl methyl sites for hydroxylation is 1. The van der Waals surface area contributed by atoms with E-state index in [1.807, 2.05) is 6.07 Å². The second-order valence-electron chi connectivity index (χ2n) is 4.94. The molecule has 2 N–H and O–H groups in total. The van der Waals surface area contributed by atoms with Gasteiger partial charge in [-0.1, -0.05) is 12.1 Å². The lowest BCUT2D eigenvalue weighted by Crippen LogP contribution is -2.28. The summed E-state index contributed by atoms with van der Waals surface area (Å²) in [4.78, 5) is 0.293. The van der Waals surface area contributed by atoms with Gasteiger partial charge < -0.3 is 10.1 Å². The zero-order valence-corrected chi connectivity index (χ0v) is 12.9. The fourth-order valence-corrected chi connectivity index (χ4v) is 3.25. The maximum atomic E-state index is 12.2. The van der Waals surface area contributed by atoms with Crippen LogP contribution in [0, 0.1) is 0 Å². The van der Waals surface area contributed by atoms with Gasteiger partial charge in [-0.3, -0.25) is 0 Å². The maximum Gasteiger partial charge on any atom is 0.240 e. The van der Waals surface area contributed by atoms with Gasteiger partial charge in [0.2, 0.25) is 10.0 Å². The second-order valence-corrected chi connectivity index (χ2v) is 6.70. The molecule has 0 aromatic heterocycles. The van der Waals surface area contributed by atoms with Crippen LogP contribution in [-0.4, -0.2) is 34.7 Å². The number of fused-ring (bicyclic) bond motifs is 1. The van der Waals surface area contributed by atoms with E-state index < -0.39 is 10.0 Å². The van der Waals surface area contributed by atoms with Gasteiger partial charge in [-0.25, -0.2) is 13.1 Å². The topological polar surface area (TPSA) is 67.4 Å². The van der Waals surface area contributed by atoms with Crippen LogP contribution in [0.1, 0.15) is 18.4 Å². The van der Waals surface area contributed by atoms with Crippen LogP contribution in [0.25, 0.3) is 0 Å². The number of rotatable bonds is 8. The summed E-state index contributed by atoms with van der Waals surface area (Å²) in [6.45, 7) is 5.67. The van der Waals surface area contributed by atoms with E-state index in [9.17, 15) is 8.42 Å². The molecule has 1 aromatic carbocycles. The van der Waals surface area contributed by atoms with Crippen LogP contribution in [0.3, 0.4) is 0 Å². The summed E-state index contributed by atoms with van der Waals surface area (Å²) >= 11 is 0. The molecule has 0 spiro atoms. The van der Waals surface area contributed by atoms with Gasteiger partial charge in [0, 0.05) is 18.8 Å². The van der Waals surface area contributed by atoms with Gasteiger partial charge in [-0.05, 0) is 37.0 Å². The standard InChI is InChI=1S/C15H22N2O3S/c1-2-3-10-20-11-9-17-21(18,19)14-7-6-13-5-4-8-16-15(13)12-14/h2,6-7,12,16-17H,1,3-5,8-11H2. The summed E-state index contributed by atoms with van der Waals surface area (Å²) in [5, 5.41) is 3.24. The Morgan fingerprint density at radius 2 is 2.24 bits per heavy atom. The van der Waals surface area contributed by atoms with Gasteiger partial charge in [0.1, 0.15) is 0 Å². The molecule has 1 heterocycles. The lowest BCUT2D eigenvalue weighted by atomic mass is 10.0. The highest BCUT2D eigenvalue weighted by Crippen LogP contribution is 2.24. The molecule has 116 valence electrons. The van der Waals surface area contributed by atoms with Gasteiger partial charge in [0.25, 0.3) is 0 Å². The Kier molecular flexibility index (Phi) is 5.78. The van der Waals surface area contributed by atoms with E-state index >= 15 is 0 Å². The third kappa shape index (κ3) is 4.56. The van der Waals surface area contributed by atoms with Crippen LogP contribution < -0.4 is 10.0 Å². The molecule has 0 fully saturated rings. The summed E-state index contributed by atoms with van der Waals surface area (Å²) in [6.07, 6.45) is 4.61. The number of ether oxygens (including phenoxy) is 1. The Labute approximate surface area is 126 Å². The molecule has 0 saturated heterocycles. The molecule has 2 rings (SSSR count). The molecule has 0 atom stereocenters. The Balaban J connectivity index is 1.91. The predicted molar refractivity (Wildman–Crippen MR) is 84.1 cm³/mol. The monoisotopic (exact) mass is 310 g/mol. The number of nitrogens with one attached hydrogen (secondary N) is 2. The molecular weight excluding hydrogens is 288 g/mol. The van der Waals surface area contributed by atoms with E-state index in [-0.39, 0.29) is 6.54 Å². The van der Waals surface area contributed by atoms with Crippen molar-refractivity contribution in [3.8, 4) is 0 Å². The first-order valence-corrected chi connectivity index (χ1v) is 8.67. The Morgan fingerprint density at radius 1 is 1.38 bits per heavy atom. The van der Waals surface area contributed by atoms with Crippen molar-refractivity contribution in [2.24, 2.45) is 0 Å². The maximum absolute atomic E-state index is 12.2. The lowest BCUT2D eigenvalue weighted by Gasteiger charge is -2.18. The first-order chi connectivity index (χ1) is 10.1. The van der Waals surface area contributed by atoms with Crippen molar-refractivity contribution in [3.05, 3.63) is 36.4 Å². The van der Waals surface area contributed by atoms with Crippen molar-refractivity contribution in [1.82, 2.24) is 4.72 Å². The van der Waals surface area contributed by atoms with E-state index in [4.69, 9.17) is 4.74 Å². The van der Waals surface area contributed by atoms with E-state index in [0.29, 0.717) is 18.1 Å². The minimum atomic E-state index is -3.48. The molecule has 5 nitrogen and oxygen atoms in total. The molecule has 0 unspecified atom stereocenters. The number of anilines is 1. The Hall–Kier alpha value is -1.37. The summed E-state index contributed by atoms with van der Waals surface area (Å²) in [7, 11) is -3.48. The fraction of sp³-hybridized carbons (Fsp3) is 0.467. The molecule has 0 bridgehead atoms. The molecule has 0 radical (unpaired) electrons. The van der Waals surface area contributed by atoms with Crippen LogP contribution in [0.4, 0.5) is 5.69 Å². The highest BCUT2D eigenvalue weighted by atomic mass is 32.2. The number of benzene rings is 1. The zero-order valence-electron chi connectivity index (χ0n) is 12.1.